The molecule has 2 nitrogen and oxygen atoms in total. The van der Waals surface area contributed by atoms with Crippen LogP contribution in [0.4, 0.5) is 0 Å². The van der Waals surface area contributed by atoms with Crippen LogP contribution in [0.3, 0.4) is 0 Å². The predicted octanol–water partition coefficient (Wildman–Crippen LogP) is 10.9. The molecule has 0 spiro atoms. The summed E-state index contributed by atoms with van der Waals surface area (Å²) in [4.78, 5) is 0. The Morgan fingerprint density at radius 1 is 0.458 bits per heavy atom. The maximum absolute atomic E-state index is 6.50. The molecule has 0 aromatic heterocycles. The van der Waals surface area contributed by atoms with E-state index in [1.807, 2.05) is 0 Å². The average molecular weight is 619 g/mol. The molecule has 1 heterocycles. The van der Waals surface area contributed by atoms with Crippen molar-refractivity contribution >= 4 is 66.4 Å². The van der Waals surface area contributed by atoms with Gasteiger partial charge in [0.1, 0.15) is 0 Å². The molecule has 0 amide bonds. The van der Waals surface area contributed by atoms with Crippen LogP contribution in [-0.2, 0) is 9.31 Å². The van der Waals surface area contributed by atoms with Crippen LogP contribution in [0.5, 0.6) is 0 Å². The van der Waals surface area contributed by atoms with Crippen molar-refractivity contribution in [2.24, 2.45) is 0 Å². The van der Waals surface area contributed by atoms with E-state index in [-0.39, 0.29) is 5.92 Å². The Bertz CT molecular complexity index is 2620. The van der Waals surface area contributed by atoms with Crippen LogP contribution in [0.25, 0.3) is 65.0 Å². The normalized spacial score (nSPS) is 17.9. The monoisotopic (exact) mass is 618 g/mol. The molecular weight excluding hydrogens is 583 g/mol. The molecule has 0 N–H and O–H groups in total. The number of rotatable bonds is 2. The zero-order valence-electron chi connectivity index (χ0n) is 27.7. The number of hydrogen-bond donors (Lipinski definition) is 0. The lowest BCUT2D eigenvalue weighted by Gasteiger charge is -2.32. The Morgan fingerprint density at radius 2 is 1.06 bits per heavy atom. The number of benzene rings is 8. The summed E-state index contributed by atoms with van der Waals surface area (Å²) in [5.41, 5.74) is 7.05. The van der Waals surface area contributed by atoms with Gasteiger partial charge >= 0.3 is 7.12 Å². The summed E-state index contributed by atoms with van der Waals surface area (Å²) in [5, 5.41) is 12.8. The Morgan fingerprint density at radius 3 is 1.79 bits per heavy atom. The van der Waals surface area contributed by atoms with Gasteiger partial charge in [-0.05, 0) is 139 Å². The van der Waals surface area contributed by atoms with E-state index in [0.717, 1.165) is 5.46 Å². The third-order valence-corrected chi connectivity index (χ3v) is 11.5. The van der Waals surface area contributed by atoms with Gasteiger partial charge in [0, 0.05) is 5.92 Å². The molecule has 1 atom stereocenters. The first kappa shape index (κ1) is 28.1. The molecule has 3 heteroatoms. The molecule has 8 aromatic carbocycles. The van der Waals surface area contributed by atoms with Crippen LogP contribution >= 0.6 is 0 Å². The van der Waals surface area contributed by atoms with Crippen LogP contribution in [0, 0.1) is 0 Å². The van der Waals surface area contributed by atoms with Gasteiger partial charge in [0.25, 0.3) is 0 Å². The van der Waals surface area contributed by atoms with E-state index < -0.39 is 18.3 Å². The van der Waals surface area contributed by atoms with Gasteiger partial charge in [-0.25, -0.2) is 0 Å². The maximum atomic E-state index is 6.50. The van der Waals surface area contributed by atoms with Crippen molar-refractivity contribution < 1.29 is 9.31 Å². The molecule has 0 radical (unpaired) electrons. The van der Waals surface area contributed by atoms with Crippen LogP contribution in [0.15, 0.2) is 133 Å². The highest BCUT2D eigenvalue weighted by Gasteiger charge is 2.51. The topological polar surface area (TPSA) is 18.5 Å². The predicted molar refractivity (Wildman–Crippen MR) is 203 cm³/mol. The minimum atomic E-state index is -0.407. The molecule has 1 unspecified atom stereocenters. The second kappa shape index (κ2) is 9.79. The van der Waals surface area contributed by atoms with Crippen LogP contribution < -0.4 is 5.46 Å². The molecule has 1 aliphatic heterocycles. The largest absolute Gasteiger partial charge is 0.494 e. The lowest BCUT2D eigenvalue weighted by atomic mass is 9.77. The van der Waals surface area contributed by atoms with Gasteiger partial charge in [0.05, 0.1) is 11.2 Å². The standard InChI is InChI=1S/C45H35BO2/c1-44(2)45(3,4)48-46(47-44)31-19-21-34-37(24-31)32-16-10-11-17-33(32)38-25-40-35-20-18-30-22-28-14-8-9-15-29(28)23-36(30)43(35)42(41(40)26-39(34)38)27-12-6-5-7-13-27/h5-26,42H,1-4H3. The van der Waals surface area contributed by atoms with Gasteiger partial charge in [0.2, 0.25) is 0 Å². The SMILES string of the molecule is CC1(C)OB(c2ccc3c(c2)c2ccccc2c2cc4c(cc32)C(c2ccccc2)c2c-4ccc3cc4ccccc4cc23)OC1(C)C. The van der Waals surface area contributed by atoms with Gasteiger partial charge in [0.15, 0.2) is 0 Å². The maximum Gasteiger partial charge on any atom is 0.494 e. The van der Waals surface area contributed by atoms with Crippen LogP contribution in [-0.4, -0.2) is 18.3 Å². The van der Waals surface area contributed by atoms with Gasteiger partial charge in [-0.1, -0.05) is 109 Å². The van der Waals surface area contributed by atoms with Crippen molar-refractivity contribution in [1.82, 2.24) is 0 Å². The second-order valence-corrected chi connectivity index (χ2v) is 14.7. The fourth-order valence-corrected chi connectivity index (χ4v) is 8.36. The van der Waals surface area contributed by atoms with E-state index in [9.17, 15) is 0 Å². The highest BCUT2D eigenvalue weighted by atomic mass is 16.7. The Kier molecular flexibility index (Phi) is 5.73. The smallest absolute Gasteiger partial charge is 0.399 e. The zero-order valence-corrected chi connectivity index (χ0v) is 27.7. The van der Waals surface area contributed by atoms with E-state index in [1.165, 1.54) is 81.7 Å². The molecule has 230 valence electrons. The molecule has 0 bridgehead atoms. The molecule has 1 saturated heterocycles. The van der Waals surface area contributed by atoms with E-state index in [2.05, 4.69) is 161 Å². The Labute approximate surface area is 281 Å². The van der Waals surface area contributed by atoms with Gasteiger partial charge in [-0.2, -0.15) is 0 Å². The third kappa shape index (κ3) is 3.89. The summed E-state index contributed by atoms with van der Waals surface area (Å²) < 4.78 is 13.0. The van der Waals surface area contributed by atoms with E-state index >= 15 is 0 Å². The van der Waals surface area contributed by atoms with Crippen molar-refractivity contribution in [3.63, 3.8) is 0 Å². The van der Waals surface area contributed by atoms with Crippen molar-refractivity contribution in [1.29, 1.82) is 0 Å². The summed E-state index contributed by atoms with van der Waals surface area (Å²) in [5.74, 6) is 0.135. The first-order valence-electron chi connectivity index (χ1n) is 17.1. The van der Waals surface area contributed by atoms with Crippen molar-refractivity contribution in [2.75, 3.05) is 0 Å². The Balaban J connectivity index is 1.26. The lowest BCUT2D eigenvalue weighted by molar-refractivity contribution is 0.00578. The number of fused-ring (bicyclic) bond motifs is 12. The molecule has 1 fully saturated rings. The fourth-order valence-electron chi connectivity index (χ4n) is 8.36. The second-order valence-electron chi connectivity index (χ2n) is 14.7. The molecule has 48 heavy (non-hydrogen) atoms. The van der Waals surface area contributed by atoms with Crippen LogP contribution in [0.1, 0.15) is 50.3 Å². The highest BCUT2D eigenvalue weighted by molar-refractivity contribution is 6.62. The summed E-state index contributed by atoms with van der Waals surface area (Å²) in [6, 6.07) is 49.8. The molecule has 10 rings (SSSR count). The molecule has 1 aliphatic carbocycles. The molecule has 2 aliphatic rings. The van der Waals surface area contributed by atoms with Crippen LogP contribution in [0.2, 0.25) is 0 Å². The minimum absolute atomic E-state index is 0.135. The first-order chi connectivity index (χ1) is 23.3. The van der Waals surface area contributed by atoms with Gasteiger partial charge in [-0.3, -0.25) is 0 Å². The van der Waals surface area contributed by atoms with E-state index in [4.69, 9.17) is 9.31 Å². The van der Waals surface area contributed by atoms with E-state index in [0.29, 0.717) is 0 Å². The molecule has 8 aromatic rings. The van der Waals surface area contributed by atoms with Gasteiger partial charge < -0.3 is 9.31 Å². The quantitative estimate of drug-likeness (QED) is 0.109. The summed E-state index contributed by atoms with van der Waals surface area (Å²) >= 11 is 0. The van der Waals surface area contributed by atoms with Crippen molar-refractivity contribution in [2.45, 2.75) is 44.8 Å². The molecule has 0 saturated carbocycles. The fraction of sp³-hybridized carbons (Fsp3) is 0.156. The summed E-state index contributed by atoms with van der Waals surface area (Å²) in [6.07, 6.45) is 0. The lowest BCUT2D eigenvalue weighted by Crippen LogP contribution is -2.41. The zero-order chi connectivity index (χ0) is 32.4. The number of hydrogen-bond acceptors (Lipinski definition) is 2. The van der Waals surface area contributed by atoms with Crippen molar-refractivity contribution in [3.05, 3.63) is 150 Å². The third-order valence-electron chi connectivity index (χ3n) is 11.5. The van der Waals surface area contributed by atoms with Gasteiger partial charge in [-0.15, -0.1) is 0 Å². The van der Waals surface area contributed by atoms with E-state index in [1.54, 1.807) is 0 Å². The van der Waals surface area contributed by atoms with Crippen molar-refractivity contribution in [3.8, 4) is 11.1 Å². The average Bonchev–Trinajstić information content (AvgIpc) is 3.55. The minimum Gasteiger partial charge on any atom is -0.399 e. The molecular formula is C45H35BO2. The first-order valence-corrected chi connectivity index (χ1v) is 17.1. The summed E-state index contributed by atoms with van der Waals surface area (Å²) in [7, 11) is -0.407. The highest BCUT2D eigenvalue weighted by Crippen LogP contribution is 2.53. The summed E-state index contributed by atoms with van der Waals surface area (Å²) in [6.45, 7) is 8.46. The Hall–Kier alpha value is -4.96.